The first-order valence-corrected chi connectivity index (χ1v) is 21.5. The van der Waals surface area contributed by atoms with Crippen LogP contribution >= 0.6 is 0 Å². The molecule has 296 valence electrons. The third-order valence-electron chi connectivity index (χ3n) is 12.4. The number of anilines is 6. The number of fused-ring (bicyclic) bond motifs is 5. The Kier molecular flexibility index (Phi) is 8.83. The van der Waals surface area contributed by atoms with Gasteiger partial charge in [0.15, 0.2) is 0 Å². The second-order valence-corrected chi connectivity index (χ2v) is 16.1. The summed E-state index contributed by atoms with van der Waals surface area (Å²) in [5.74, 6) is 1.72. The maximum Gasteiger partial charge on any atom is 0.137 e. The maximum absolute atomic E-state index is 6.87. The van der Waals surface area contributed by atoms with Crippen molar-refractivity contribution in [2.24, 2.45) is 0 Å². The van der Waals surface area contributed by atoms with Crippen LogP contribution in [-0.2, 0) is 0 Å². The van der Waals surface area contributed by atoms with Gasteiger partial charge in [-0.15, -0.1) is 0 Å². The molecule has 0 unspecified atom stereocenters. The van der Waals surface area contributed by atoms with E-state index in [0.29, 0.717) is 0 Å². The first-order valence-electron chi connectivity index (χ1n) is 21.5. The second-order valence-electron chi connectivity index (χ2n) is 16.1. The maximum atomic E-state index is 6.87. The molecule has 0 amide bonds. The van der Waals surface area contributed by atoms with Crippen LogP contribution in [-0.4, -0.2) is 0 Å². The molecule has 0 aromatic heterocycles. The monoisotopic (exact) mass is 804 g/mol. The molecule has 1 aliphatic rings. The Morgan fingerprint density at radius 3 is 1.54 bits per heavy atom. The lowest BCUT2D eigenvalue weighted by molar-refractivity contribution is 0.487. The van der Waals surface area contributed by atoms with Crippen LogP contribution in [0.5, 0.6) is 11.5 Å². The fraction of sp³-hybridized carbons (Fsp3) is 0. The molecule has 3 nitrogen and oxygen atoms in total. The highest BCUT2D eigenvalue weighted by molar-refractivity contribution is 6.18. The zero-order valence-corrected chi connectivity index (χ0v) is 34.4. The van der Waals surface area contributed by atoms with Gasteiger partial charge in [-0.2, -0.15) is 0 Å². The third kappa shape index (κ3) is 6.46. The first kappa shape index (κ1) is 36.5. The van der Waals surface area contributed by atoms with E-state index in [1.54, 1.807) is 0 Å². The quantitative estimate of drug-likeness (QED) is 0.142. The summed E-state index contributed by atoms with van der Waals surface area (Å²) in [6.07, 6.45) is 0. The fourth-order valence-corrected chi connectivity index (χ4v) is 9.40. The van der Waals surface area contributed by atoms with Crippen molar-refractivity contribution in [3.05, 3.63) is 243 Å². The van der Waals surface area contributed by atoms with Crippen molar-refractivity contribution < 1.29 is 4.74 Å². The summed E-state index contributed by atoms with van der Waals surface area (Å²) < 4.78 is 6.87. The smallest absolute Gasteiger partial charge is 0.137 e. The minimum absolute atomic E-state index is 0.849. The summed E-state index contributed by atoms with van der Waals surface area (Å²) >= 11 is 0. The first-order chi connectivity index (χ1) is 31.2. The number of rotatable bonds is 8. The normalized spacial score (nSPS) is 11.6. The molecule has 3 heteroatoms. The van der Waals surface area contributed by atoms with Crippen LogP contribution in [0.2, 0.25) is 0 Å². The standard InChI is InChI=1S/C60H40N2O/c1-4-14-41(15-5-1)42-28-32-49(33-29-42)61(47-18-6-2-7-19-47)50-34-30-43(31-35-50)45-26-27-46-39-56-53-37-36-51(40-59(53)63-58-25-13-23-54(60(56)58)55(46)38-45)62(48-20-8-3-9-21-48)57-24-12-17-44-16-10-11-22-52(44)57/h1-40H. The molecule has 0 fully saturated rings. The predicted octanol–water partition coefficient (Wildman–Crippen LogP) is 17.2. The predicted molar refractivity (Wildman–Crippen MR) is 265 cm³/mol. The molecule has 11 aromatic carbocycles. The van der Waals surface area contributed by atoms with Gasteiger partial charge in [0.05, 0.1) is 5.69 Å². The highest BCUT2D eigenvalue weighted by Gasteiger charge is 2.24. The Balaban J connectivity index is 0.905. The average Bonchev–Trinajstić information content (AvgIpc) is 3.35. The van der Waals surface area contributed by atoms with Crippen molar-refractivity contribution >= 4 is 66.4 Å². The van der Waals surface area contributed by atoms with Crippen LogP contribution in [0.1, 0.15) is 0 Å². The highest BCUT2D eigenvalue weighted by atomic mass is 16.5. The fourth-order valence-electron chi connectivity index (χ4n) is 9.40. The second kappa shape index (κ2) is 15.3. The molecule has 0 atom stereocenters. The lowest BCUT2D eigenvalue weighted by Gasteiger charge is -2.29. The molecule has 0 aliphatic carbocycles. The summed E-state index contributed by atoms with van der Waals surface area (Å²) in [6.45, 7) is 0. The molecule has 12 rings (SSSR count). The molecule has 0 N–H and O–H groups in total. The van der Waals surface area contributed by atoms with Gasteiger partial charge >= 0.3 is 0 Å². The highest BCUT2D eigenvalue weighted by Crippen LogP contribution is 2.51. The van der Waals surface area contributed by atoms with Crippen LogP contribution in [0.4, 0.5) is 34.1 Å². The lowest BCUT2D eigenvalue weighted by Crippen LogP contribution is -2.11. The number of hydrogen-bond donors (Lipinski definition) is 0. The molecular formula is C60H40N2O. The summed E-state index contributed by atoms with van der Waals surface area (Å²) in [6, 6.07) is 86.9. The Labute approximate surface area is 367 Å². The Hall–Kier alpha value is -8.40. The van der Waals surface area contributed by atoms with E-state index in [0.717, 1.165) is 62.1 Å². The molecule has 0 bridgehead atoms. The van der Waals surface area contributed by atoms with E-state index in [4.69, 9.17) is 4.74 Å². The molecule has 11 aromatic rings. The Morgan fingerprint density at radius 2 is 0.810 bits per heavy atom. The minimum atomic E-state index is 0.849. The summed E-state index contributed by atoms with van der Waals surface area (Å²) in [5.41, 5.74) is 13.6. The van der Waals surface area contributed by atoms with E-state index < -0.39 is 0 Å². The zero-order valence-electron chi connectivity index (χ0n) is 34.4. The van der Waals surface area contributed by atoms with Crippen molar-refractivity contribution in [2.75, 3.05) is 9.80 Å². The van der Waals surface area contributed by atoms with Crippen molar-refractivity contribution in [3.63, 3.8) is 0 Å². The Bertz CT molecular complexity index is 3450. The molecule has 0 radical (unpaired) electrons. The molecule has 0 saturated heterocycles. The van der Waals surface area contributed by atoms with Gasteiger partial charge in [0.25, 0.3) is 0 Å². The van der Waals surface area contributed by atoms with Gasteiger partial charge in [-0.3, -0.25) is 0 Å². The van der Waals surface area contributed by atoms with Crippen molar-refractivity contribution in [1.82, 2.24) is 0 Å². The van der Waals surface area contributed by atoms with Gasteiger partial charge in [0.1, 0.15) is 11.5 Å². The van der Waals surface area contributed by atoms with E-state index in [-0.39, 0.29) is 0 Å². The summed E-state index contributed by atoms with van der Waals surface area (Å²) in [5, 5.41) is 7.12. The van der Waals surface area contributed by atoms with E-state index in [1.165, 1.54) is 49.2 Å². The molecule has 1 aliphatic heterocycles. The van der Waals surface area contributed by atoms with Crippen molar-refractivity contribution in [3.8, 4) is 44.9 Å². The van der Waals surface area contributed by atoms with E-state index in [2.05, 4.69) is 252 Å². The molecule has 0 saturated carbocycles. The number of para-hydroxylation sites is 2. The van der Waals surface area contributed by atoms with Gasteiger partial charge in [0.2, 0.25) is 0 Å². The molecular weight excluding hydrogens is 765 g/mol. The number of nitrogens with zero attached hydrogens (tertiary/aromatic N) is 2. The van der Waals surface area contributed by atoms with Gasteiger partial charge < -0.3 is 14.5 Å². The van der Waals surface area contributed by atoms with Gasteiger partial charge in [-0.1, -0.05) is 152 Å². The van der Waals surface area contributed by atoms with E-state index >= 15 is 0 Å². The number of benzene rings is 11. The minimum Gasteiger partial charge on any atom is -0.456 e. The zero-order chi connectivity index (χ0) is 41.7. The lowest BCUT2D eigenvalue weighted by atomic mass is 9.89. The van der Waals surface area contributed by atoms with E-state index in [9.17, 15) is 0 Å². The molecule has 1 heterocycles. The van der Waals surface area contributed by atoms with Crippen LogP contribution in [0.15, 0.2) is 243 Å². The van der Waals surface area contributed by atoms with Crippen LogP contribution < -0.4 is 14.5 Å². The van der Waals surface area contributed by atoms with Crippen molar-refractivity contribution in [1.29, 1.82) is 0 Å². The number of hydrogen-bond acceptors (Lipinski definition) is 3. The van der Waals surface area contributed by atoms with Gasteiger partial charge in [-0.25, -0.2) is 0 Å². The van der Waals surface area contributed by atoms with Crippen LogP contribution in [0.25, 0.3) is 65.7 Å². The van der Waals surface area contributed by atoms with Gasteiger partial charge in [0, 0.05) is 50.8 Å². The topological polar surface area (TPSA) is 15.7 Å². The summed E-state index contributed by atoms with van der Waals surface area (Å²) in [4.78, 5) is 4.65. The van der Waals surface area contributed by atoms with Crippen LogP contribution in [0, 0.1) is 0 Å². The van der Waals surface area contributed by atoms with Crippen LogP contribution in [0.3, 0.4) is 0 Å². The summed E-state index contributed by atoms with van der Waals surface area (Å²) in [7, 11) is 0. The Morgan fingerprint density at radius 1 is 0.270 bits per heavy atom. The number of ether oxygens (including phenoxy) is 1. The third-order valence-corrected chi connectivity index (χ3v) is 12.4. The average molecular weight is 805 g/mol. The SMILES string of the molecule is c1ccc(-c2ccc(N(c3ccccc3)c3ccc(-c4ccc5cc6c7c(cccc7c5c4)Oc4cc(N(c5ccccc5)c5cccc7ccccc57)ccc4-6)cc3)cc2)cc1. The van der Waals surface area contributed by atoms with Gasteiger partial charge in [-0.05, 0) is 134 Å². The van der Waals surface area contributed by atoms with Crippen molar-refractivity contribution in [2.45, 2.75) is 0 Å². The molecule has 63 heavy (non-hydrogen) atoms. The largest absolute Gasteiger partial charge is 0.456 e. The molecule has 0 spiro atoms. The van der Waals surface area contributed by atoms with E-state index in [1.807, 2.05) is 0 Å².